The van der Waals surface area contributed by atoms with Crippen LogP contribution >= 0.6 is 23.2 Å². The van der Waals surface area contributed by atoms with E-state index in [1.807, 2.05) is 13.0 Å². The lowest BCUT2D eigenvalue weighted by atomic mass is 10.1. The summed E-state index contributed by atoms with van der Waals surface area (Å²) in [5.74, 6) is 0.154. The Bertz CT molecular complexity index is 1280. The average molecular weight is 510 g/mol. The van der Waals surface area contributed by atoms with Crippen LogP contribution < -0.4 is 20.1 Å². The number of nitrogens with zero attached hydrogens (tertiary/aromatic N) is 1. The molecule has 0 saturated carbocycles. The highest BCUT2D eigenvalue weighted by Gasteiger charge is 2.11. The van der Waals surface area contributed by atoms with Crippen LogP contribution in [0, 0.1) is 11.3 Å². The quantitative estimate of drug-likeness (QED) is 0.274. The number of rotatable bonds is 9. The Morgan fingerprint density at radius 2 is 1.66 bits per heavy atom. The van der Waals surface area contributed by atoms with Crippen molar-refractivity contribution in [2.75, 3.05) is 23.8 Å². The fourth-order valence-electron chi connectivity index (χ4n) is 2.92. The van der Waals surface area contributed by atoms with Crippen molar-refractivity contribution in [3.8, 4) is 17.6 Å². The number of amides is 2. The summed E-state index contributed by atoms with van der Waals surface area (Å²) in [6.45, 7) is 2.15. The van der Waals surface area contributed by atoms with E-state index in [4.69, 9.17) is 32.7 Å². The number of benzene rings is 3. The van der Waals surface area contributed by atoms with Crippen LogP contribution in [0.5, 0.6) is 11.5 Å². The average Bonchev–Trinajstić information content (AvgIpc) is 2.84. The van der Waals surface area contributed by atoms with Crippen molar-refractivity contribution in [1.29, 1.82) is 5.26 Å². The van der Waals surface area contributed by atoms with E-state index in [0.29, 0.717) is 45.1 Å². The van der Waals surface area contributed by atoms with Gasteiger partial charge in [0.15, 0.2) is 6.61 Å². The van der Waals surface area contributed by atoms with Crippen LogP contribution in [-0.2, 0) is 9.59 Å². The lowest BCUT2D eigenvalue weighted by molar-refractivity contribution is -0.118. The monoisotopic (exact) mass is 509 g/mol. The van der Waals surface area contributed by atoms with Gasteiger partial charge in [0.25, 0.3) is 11.8 Å². The molecule has 0 atom stereocenters. The van der Waals surface area contributed by atoms with Gasteiger partial charge in [0.1, 0.15) is 23.1 Å². The van der Waals surface area contributed by atoms with E-state index in [-0.39, 0.29) is 18.1 Å². The normalized spacial score (nSPS) is 10.7. The number of halogens is 2. The molecule has 0 spiro atoms. The Morgan fingerprint density at radius 1 is 0.914 bits per heavy atom. The smallest absolute Gasteiger partial charge is 0.266 e. The van der Waals surface area contributed by atoms with Crippen LogP contribution in [0.3, 0.4) is 0 Å². The largest absolute Gasteiger partial charge is 0.494 e. The second kappa shape index (κ2) is 12.5. The molecule has 7 nitrogen and oxygen atoms in total. The Balaban J connectivity index is 1.57. The summed E-state index contributed by atoms with van der Waals surface area (Å²) in [6.07, 6.45) is 1.46. The topological polar surface area (TPSA) is 100 Å². The molecule has 0 bridgehead atoms. The Hall–Kier alpha value is -3.99. The highest BCUT2D eigenvalue weighted by atomic mass is 35.5. The molecule has 3 aromatic carbocycles. The van der Waals surface area contributed by atoms with Crippen molar-refractivity contribution < 1.29 is 19.1 Å². The molecular formula is C26H21Cl2N3O4. The van der Waals surface area contributed by atoms with Gasteiger partial charge in [-0.25, -0.2) is 0 Å². The molecule has 0 aromatic heterocycles. The predicted octanol–water partition coefficient (Wildman–Crippen LogP) is 5.96. The first-order valence-corrected chi connectivity index (χ1v) is 11.3. The van der Waals surface area contributed by atoms with Gasteiger partial charge in [0, 0.05) is 17.4 Å². The Kier molecular flexibility index (Phi) is 9.13. The van der Waals surface area contributed by atoms with Gasteiger partial charge in [-0.05, 0) is 61.0 Å². The number of carbonyl (C=O) groups excluding carboxylic acids is 2. The standard InChI is InChI=1S/C26H21Cl2N3O4/c1-2-34-22-5-3-4-19(13-22)31-26(33)18(15-29)12-17-6-9-21(10-7-17)35-16-25(32)30-20-8-11-23(27)24(28)14-20/h3-14H,2,16H2,1H3,(H,30,32)(H,31,33)/b18-12+. The van der Waals surface area contributed by atoms with E-state index in [1.54, 1.807) is 66.7 Å². The summed E-state index contributed by atoms with van der Waals surface area (Å²) >= 11 is 11.8. The Morgan fingerprint density at radius 3 is 2.34 bits per heavy atom. The maximum Gasteiger partial charge on any atom is 0.266 e. The molecule has 3 rings (SSSR count). The molecule has 0 fully saturated rings. The molecule has 3 aromatic rings. The van der Waals surface area contributed by atoms with Crippen LogP contribution in [0.25, 0.3) is 6.08 Å². The predicted molar refractivity (Wildman–Crippen MR) is 137 cm³/mol. The molecular weight excluding hydrogens is 489 g/mol. The van der Waals surface area contributed by atoms with Gasteiger partial charge in [-0.3, -0.25) is 9.59 Å². The van der Waals surface area contributed by atoms with Crippen LogP contribution in [0.1, 0.15) is 12.5 Å². The summed E-state index contributed by atoms with van der Waals surface area (Å²) in [7, 11) is 0. The molecule has 0 unspecified atom stereocenters. The summed E-state index contributed by atoms with van der Waals surface area (Å²) in [5, 5.41) is 15.5. The molecule has 0 aliphatic carbocycles. The maximum atomic E-state index is 12.5. The van der Waals surface area contributed by atoms with Crippen molar-refractivity contribution in [2.45, 2.75) is 6.92 Å². The van der Waals surface area contributed by atoms with E-state index in [1.165, 1.54) is 6.08 Å². The summed E-state index contributed by atoms with van der Waals surface area (Å²) in [4.78, 5) is 24.6. The first-order valence-electron chi connectivity index (χ1n) is 10.5. The van der Waals surface area contributed by atoms with Gasteiger partial charge in [0.05, 0.1) is 16.7 Å². The fraction of sp³-hybridized carbons (Fsp3) is 0.115. The molecule has 0 radical (unpaired) electrons. The minimum Gasteiger partial charge on any atom is -0.494 e. The molecule has 0 aliphatic rings. The van der Waals surface area contributed by atoms with E-state index < -0.39 is 5.91 Å². The van der Waals surface area contributed by atoms with Crippen molar-refractivity contribution in [1.82, 2.24) is 0 Å². The Labute approximate surface area is 212 Å². The van der Waals surface area contributed by atoms with Gasteiger partial charge in [-0.15, -0.1) is 0 Å². The molecule has 178 valence electrons. The zero-order chi connectivity index (χ0) is 25.2. The zero-order valence-corrected chi connectivity index (χ0v) is 20.2. The number of nitriles is 1. The highest BCUT2D eigenvalue weighted by molar-refractivity contribution is 6.42. The van der Waals surface area contributed by atoms with Crippen molar-refractivity contribution in [2.24, 2.45) is 0 Å². The molecule has 2 amide bonds. The number of hydrogen-bond donors (Lipinski definition) is 2. The second-order valence-electron chi connectivity index (χ2n) is 7.12. The number of anilines is 2. The van der Waals surface area contributed by atoms with E-state index >= 15 is 0 Å². The SMILES string of the molecule is CCOc1cccc(NC(=O)/C(C#N)=C/c2ccc(OCC(=O)Nc3ccc(Cl)c(Cl)c3)cc2)c1. The van der Waals surface area contributed by atoms with Gasteiger partial charge in [-0.1, -0.05) is 41.4 Å². The lowest BCUT2D eigenvalue weighted by Gasteiger charge is -2.09. The van der Waals surface area contributed by atoms with Gasteiger partial charge in [0.2, 0.25) is 0 Å². The third-order valence-corrected chi connectivity index (χ3v) is 5.27. The first kappa shape index (κ1) is 25.6. The minimum absolute atomic E-state index is 0.0681. The summed E-state index contributed by atoms with van der Waals surface area (Å²) in [5.41, 5.74) is 1.57. The van der Waals surface area contributed by atoms with Crippen molar-refractivity contribution >= 4 is 52.5 Å². The highest BCUT2D eigenvalue weighted by Crippen LogP contribution is 2.25. The number of nitrogens with one attached hydrogen (secondary N) is 2. The minimum atomic E-state index is -0.541. The number of carbonyl (C=O) groups is 2. The third kappa shape index (κ3) is 7.78. The van der Waals surface area contributed by atoms with E-state index in [9.17, 15) is 14.9 Å². The number of hydrogen-bond acceptors (Lipinski definition) is 5. The van der Waals surface area contributed by atoms with Crippen LogP contribution in [0.4, 0.5) is 11.4 Å². The van der Waals surface area contributed by atoms with Crippen LogP contribution in [0.2, 0.25) is 10.0 Å². The molecule has 0 aliphatic heterocycles. The fourth-order valence-corrected chi connectivity index (χ4v) is 3.22. The van der Waals surface area contributed by atoms with Crippen LogP contribution in [-0.4, -0.2) is 25.0 Å². The molecule has 35 heavy (non-hydrogen) atoms. The van der Waals surface area contributed by atoms with Crippen molar-refractivity contribution in [3.05, 3.63) is 87.9 Å². The van der Waals surface area contributed by atoms with Gasteiger partial charge in [-0.2, -0.15) is 5.26 Å². The van der Waals surface area contributed by atoms with E-state index in [0.717, 1.165) is 0 Å². The maximum absolute atomic E-state index is 12.5. The molecule has 0 heterocycles. The van der Waals surface area contributed by atoms with Gasteiger partial charge < -0.3 is 20.1 Å². The zero-order valence-electron chi connectivity index (χ0n) is 18.7. The molecule has 9 heteroatoms. The van der Waals surface area contributed by atoms with Gasteiger partial charge >= 0.3 is 0 Å². The summed E-state index contributed by atoms with van der Waals surface area (Å²) < 4.78 is 10.9. The summed E-state index contributed by atoms with van der Waals surface area (Å²) in [6, 6.07) is 20.2. The first-order chi connectivity index (χ1) is 16.9. The third-order valence-electron chi connectivity index (χ3n) is 4.53. The second-order valence-corrected chi connectivity index (χ2v) is 7.93. The lowest BCUT2D eigenvalue weighted by Crippen LogP contribution is -2.20. The molecule has 2 N–H and O–H groups in total. The van der Waals surface area contributed by atoms with Crippen molar-refractivity contribution in [3.63, 3.8) is 0 Å². The number of ether oxygens (including phenoxy) is 2. The van der Waals surface area contributed by atoms with Crippen LogP contribution in [0.15, 0.2) is 72.3 Å². The molecule has 0 saturated heterocycles. The van der Waals surface area contributed by atoms with E-state index in [2.05, 4.69) is 10.6 Å².